The lowest BCUT2D eigenvalue weighted by atomic mass is 10.1. The number of nitrogens with zero attached hydrogens (tertiary/aromatic N) is 3. The van der Waals surface area contributed by atoms with Crippen molar-refractivity contribution in [2.45, 2.75) is 19.5 Å². The first kappa shape index (κ1) is 16.1. The normalized spacial score (nSPS) is 12.2. The van der Waals surface area contributed by atoms with Crippen LogP contribution in [0, 0.1) is 0 Å². The lowest BCUT2D eigenvalue weighted by Crippen LogP contribution is -2.27. The van der Waals surface area contributed by atoms with Gasteiger partial charge in [0, 0.05) is 24.5 Å². The van der Waals surface area contributed by atoms with Crippen molar-refractivity contribution in [1.29, 1.82) is 0 Å². The number of nitrogens with one attached hydrogen (secondary N) is 2. The van der Waals surface area contributed by atoms with Crippen LogP contribution in [0.2, 0.25) is 0 Å². The van der Waals surface area contributed by atoms with Gasteiger partial charge in [0.15, 0.2) is 0 Å². The van der Waals surface area contributed by atoms with Gasteiger partial charge >= 0.3 is 0 Å². The fraction of sp³-hybridized carbons (Fsp3) is 0.150. The summed E-state index contributed by atoms with van der Waals surface area (Å²) in [6.45, 7) is 2.60. The number of carbonyl (C=O) groups is 1. The lowest BCUT2D eigenvalue weighted by Gasteiger charge is -2.12. The molecular formula is C20H19N5O. The maximum absolute atomic E-state index is 12.6. The van der Waals surface area contributed by atoms with Crippen molar-refractivity contribution in [3.05, 3.63) is 84.2 Å². The third kappa shape index (κ3) is 3.35. The van der Waals surface area contributed by atoms with Crippen LogP contribution in [-0.4, -0.2) is 25.4 Å². The molecule has 0 aliphatic carbocycles. The monoisotopic (exact) mass is 345 g/mol. The van der Waals surface area contributed by atoms with Crippen LogP contribution in [0.15, 0.2) is 67.3 Å². The van der Waals surface area contributed by atoms with Crippen LogP contribution in [0.5, 0.6) is 0 Å². The van der Waals surface area contributed by atoms with Crippen LogP contribution in [0.3, 0.4) is 0 Å². The summed E-state index contributed by atoms with van der Waals surface area (Å²) < 4.78 is 1.97. The number of hydrogen-bond donors (Lipinski definition) is 2. The summed E-state index contributed by atoms with van der Waals surface area (Å²) in [5.74, 6) is 0.625. The number of benzene rings is 2. The van der Waals surface area contributed by atoms with Gasteiger partial charge in [-0.15, -0.1) is 0 Å². The Balaban J connectivity index is 1.48. The molecule has 1 atom stereocenters. The van der Waals surface area contributed by atoms with Crippen molar-refractivity contribution in [2.75, 3.05) is 0 Å². The zero-order valence-corrected chi connectivity index (χ0v) is 14.4. The highest BCUT2D eigenvalue weighted by Gasteiger charge is 2.15. The topological polar surface area (TPSA) is 75.6 Å². The van der Waals surface area contributed by atoms with Gasteiger partial charge in [-0.1, -0.05) is 24.3 Å². The first-order valence-electron chi connectivity index (χ1n) is 8.49. The number of amides is 1. The Morgan fingerprint density at radius 3 is 2.92 bits per heavy atom. The number of imidazole rings is 2. The van der Waals surface area contributed by atoms with E-state index in [0.29, 0.717) is 12.1 Å². The van der Waals surface area contributed by atoms with Gasteiger partial charge in [0.05, 0.1) is 23.4 Å². The molecule has 2 heterocycles. The summed E-state index contributed by atoms with van der Waals surface area (Å²) in [5, 5.41) is 3.01. The van der Waals surface area contributed by atoms with Crippen molar-refractivity contribution in [1.82, 2.24) is 24.8 Å². The fourth-order valence-electron chi connectivity index (χ4n) is 2.93. The summed E-state index contributed by atoms with van der Waals surface area (Å²) in [7, 11) is 0. The molecule has 0 radical (unpaired) electrons. The summed E-state index contributed by atoms with van der Waals surface area (Å²) >= 11 is 0. The van der Waals surface area contributed by atoms with Crippen LogP contribution >= 0.6 is 0 Å². The molecule has 0 unspecified atom stereocenters. The maximum atomic E-state index is 12.6. The van der Waals surface area contributed by atoms with Crippen molar-refractivity contribution in [3.63, 3.8) is 0 Å². The van der Waals surface area contributed by atoms with E-state index in [1.807, 2.05) is 66.2 Å². The Labute approximate surface area is 150 Å². The summed E-state index contributed by atoms with van der Waals surface area (Å²) in [6, 6.07) is 15.2. The van der Waals surface area contributed by atoms with E-state index in [2.05, 4.69) is 20.3 Å². The van der Waals surface area contributed by atoms with Gasteiger partial charge in [-0.05, 0) is 36.8 Å². The van der Waals surface area contributed by atoms with Crippen LogP contribution in [0.1, 0.15) is 34.7 Å². The van der Waals surface area contributed by atoms with Gasteiger partial charge in [0.2, 0.25) is 0 Å². The predicted octanol–water partition coefficient (Wildman–Crippen LogP) is 3.30. The molecule has 0 spiro atoms. The third-order valence-electron chi connectivity index (χ3n) is 4.28. The Morgan fingerprint density at radius 2 is 2.12 bits per heavy atom. The fourth-order valence-corrected chi connectivity index (χ4v) is 2.93. The molecule has 1 amide bonds. The van der Waals surface area contributed by atoms with Crippen LogP contribution < -0.4 is 5.32 Å². The highest BCUT2D eigenvalue weighted by atomic mass is 16.1. The SMILES string of the molecule is C[C@@H](NC(=O)c1cccc(Cn2ccnc2)c1)c1nc2ccccc2[nH]1. The molecule has 2 aromatic carbocycles. The van der Waals surface area contributed by atoms with Crippen LogP contribution in [0.25, 0.3) is 11.0 Å². The van der Waals surface area contributed by atoms with Crippen LogP contribution in [-0.2, 0) is 6.54 Å². The molecule has 4 aromatic rings. The molecule has 2 N–H and O–H groups in total. The Kier molecular flexibility index (Phi) is 4.23. The molecule has 0 bridgehead atoms. The molecule has 6 heteroatoms. The molecule has 26 heavy (non-hydrogen) atoms. The largest absolute Gasteiger partial charge is 0.342 e. The molecule has 0 saturated heterocycles. The highest BCUT2D eigenvalue weighted by molar-refractivity contribution is 5.94. The minimum atomic E-state index is -0.216. The van der Waals surface area contributed by atoms with Gasteiger partial charge < -0.3 is 14.9 Å². The second-order valence-electron chi connectivity index (χ2n) is 6.27. The van der Waals surface area contributed by atoms with E-state index in [-0.39, 0.29) is 11.9 Å². The molecule has 2 aromatic heterocycles. The van der Waals surface area contributed by atoms with Crippen molar-refractivity contribution < 1.29 is 4.79 Å². The van der Waals surface area contributed by atoms with E-state index < -0.39 is 0 Å². The molecule has 130 valence electrons. The molecule has 0 saturated carbocycles. The van der Waals surface area contributed by atoms with Crippen LogP contribution in [0.4, 0.5) is 0 Å². The summed E-state index contributed by atoms with van der Waals surface area (Å²) in [4.78, 5) is 24.5. The first-order chi connectivity index (χ1) is 12.7. The average molecular weight is 345 g/mol. The number of aromatic amines is 1. The van der Waals surface area contributed by atoms with E-state index >= 15 is 0 Å². The number of hydrogen-bond acceptors (Lipinski definition) is 3. The van der Waals surface area contributed by atoms with Gasteiger partial charge in [-0.25, -0.2) is 9.97 Å². The zero-order chi connectivity index (χ0) is 17.9. The summed E-state index contributed by atoms with van der Waals surface area (Å²) in [6.07, 6.45) is 5.40. The van der Waals surface area contributed by atoms with E-state index in [1.165, 1.54) is 0 Å². The number of fused-ring (bicyclic) bond motifs is 1. The number of H-pyrrole nitrogens is 1. The van der Waals surface area contributed by atoms with E-state index in [4.69, 9.17) is 0 Å². The second kappa shape index (κ2) is 6.84. The lowest BCUT2D eigenvalue weighted by molar-refractivity contribution is 0.0938. The number of aromatic nitrogens is 4. The Hall–Kier alpha value is -3.41. The first-order valence-corrected chi connectivity index (χ1v) is 8.49. The quantitative estimate of drug-likeness (QED) is 0.583. The average Bonchev–Trinajstić information content (AvgIpc) is 3.31. The molecule has 0 aliphatic rings. The summed E-state index contributed by atoms with van der Waals surface area (Å²) in [5.41, 5.74) is 3.54. The smallest absolute Gasteiger partial charge is 0.251 e. The van der Waals surface area contributed by atoms with E-state index in [9.17, 15) is 4.79 Å². The molecule has 0 aliphatic heterocycles. The second-order valence-corrected chi connectivity index (χ2v) is 6.27. The van der Waals surface area contributed by atoms with Crippen molar-refractivity contribution >= 4 is 16.9 Å². The predicted molar refractivity (Wildman–Crippen MR) is 99.7 cm³/mol. The highest BCUT2D eigenvalue weighted by Crippen LogP contribution is 2.16. The standard InChI is InChI=1S/C20H19N5O/c1-14(19-23-17-7-2-3-8-18(17)24-19)22-20(26)16-6-4-5-15(11-16)12-25-10-9-21-13-25/h2-11,13-14H,12H2,1H3,(H,22,26)(H,23,24)/t14-/m1/s1. The Bertz CT molecular complexity index is 1000. The van der Waals surface area contributed by atoms with Gasteiger partial charge in [0.25, 0.3) is 5.91 Å². The van der Waals surface area contributed by atoms with Gasteiger partial charge in [-0.2, -0.15) is 0 Å². The number of carbonyl (C=O) groups excluding carboxylic acids is 1. The van der Waals surface area contributed by atoms with E-state index in [1.54, 1.807) is 12.5 Å². The van der Waals surface area contributed by atoms with Gasteiger partial charge in [-0.3, -0.25) is 4.79 Å². The molecule has 4 rings (SSSR count). The van der Waals surface area contributed by atoms with Crippen molar-refractivity contribution in [3.8, 4) is 0 Å². The maximum Gasteiger partial charge on any atom is 0.251 e. The van der Waals surface area contributed by atoms with E-state index in [0.717, 1.165) is 22.4 Å². The molecule has 6 nitrogen and oxygen atoms in total. The van der Waals surface area contributed by atoms with Gasteiger partial charge in [0.1, 0.15) is 5.82 Å². The Morgan fingerprint density at radius 1 is 1.23 bits per heavy atom. The number of para-hydroxylation sites is 2. The molecular weight excluding hydrogens is 326 g/mol. The minimum Gasteiger partial charge on any atom is -0.342 e. The number of rotatable bonds is 5. The molecule has 0 fully saturated rings. The third-order valence-corrected chi connectivity index (χ3v) is 4.28. The minimum absolute atomic E-state index is 0.120. The zero-order valence-electron chi connectivity index (χ0n) is 14.4. The van der Waals surface area contributed by atoms with Crippen molar-refractivity contribution in [2.24, 2.45) is 0 Å².